The van der Waals surface area contributed by atoms with Crippen LogP contribution in [0.3, 0.4) is 0 Å². The first-order valence-corrected chi connectivity index (χ1v) is 9.10. The minimum absolute atomic E-state index is 0.0733. The van der Waals surface area contributed by atoms with Crippen LogP contribution < -0.4 is 15.8 Å². The maximum Gasteiger partial charge on any atom is 0.289 e. The van der Waals surface area contributed by atoms with Gasteiger partial charge in [-0.05, 0) is 12.1 Å². The first kappa shape index (κ1) is 18.6. The van der Waals surface area contributed by atoms with Gasteiger partial charge in [0.1, 0.15) is 11.5 Å². The average Bonchev–Trinajstić information content (AvgIpc) is 3.14. The van der Waals surface area contributed by atoms with Gasteiger partial charge in [-0.3, -0.25) is 20.4 Å². The van der Waals surface area contributed by atoms with Gasteiger partial charge in [-0.15, -0.1) is 11.3 Å². The van der Waals surface area contributed by atoms with E-state index in [0.717, 1.165) is 5.13 Å². The van der Waals surface area contributed by atoms with E-state index in [1.807, 2.05) is 4.90 Å². The summed E-state index contributed by atoms with van der Waals surface area (Å²) in [7, 11) is 0. The summed E-state index contributed by atoms with van der Waals surface area (Å²) >= 11 is 7.22. The molecule has 1 fully saturated rings. The van der Waals surface area contributed by atoms with Crippen molar-refractivity contribution < 1.29 is 18.7 Å². The van der Waals surface area contributed by atoms with Gasteiger partial charge in [-0.1, -0.05) is 17.7 Å². The molecule has 3 rings (SSSR count). The lowest BCUT2D eigenvalue weighted by Crippen LogP contribution is -2.42. The summed E-state index contributed by atoms with van der Waals surface area (Å²) in [5, 5.41) is 2.49. The van der Waals surface area contributed by atoms with Crippen molar-refractivity contribution in [2.45, 2.75) is 6.42 Å². The van der Waals surface area contributed by atoms with E-state index in [9.17, 15) is 14.0 Å². The number of nitrogens with one attached hydrogen (secondary N) is 2. The zero-order valence-corrected chi connectivity index (χ0v) is 15.2. The van der Waals surface area contributed by atoms with Gasteiger partial charge in [0.05, 0.1) is 19.6 Å². The number of halogens is 2. The largest absolute Gasteiger partial charge is 0.378 e. The van der Waals surface area contributed by atoms with E-state index < -0.39 is 17.6 Å². The minimum Gasteiger partial charge on any atom is -0.378 e. The Hall–Kier alpha value is -2.23. The number of anilines is 1. The lowest BCUT2D eigenvalue weighted by atomic mass is 10.1. The Labute approximate surface area is 158 Å². The molecular weight excluding hydrogens is 383 g/mol. The van der Waals surface area contributed by atoms with Crippen LogP contribution >= 0.6 is 22.9 Å². The molecule has 10 heteroatoms. The molecule has 0 unspecified atom stereocenters. The number of hydrogen-bond donors (Lipinski definition) is 2. The fraction of sp³-hybridized carbons (Fsp3) is 0.312. The molecule has 2 amide bonds. The van der Waals surface area contributed by atoms with Gasteiger partial charge in [0, 0.05) is 29.1 Å². The Bertz CT molecular complexity index is 790. The molecule has 1 aliphatic heterocycles. The number of hydrazine groups is 1. The van der Waals surface area contributed by atoms with Gasteiger partial charge in [0.25, 0.3) is 5.91 Å². The highest BCUT2D eigenvalue weighted by Crippen LogP contribution is 2.21. The van der Waals surface area contributed by atoms with E-state index in [1.54, 1.807) is 5.38 Å². The number of thiazole rings is 1. The molecule has 1 saturated heterocycles. The fourth-order valence-electron chi connectivity index (χ4n) is 2.36. The number of rotatable bonds is 4. The Kier molecular flexibility index (Phi) is 6.02. The van der Waals surface area contributed by atoms with Crippen molar-refractivity contribution in [2.75, 3.05) is 31.2 Å². The number of carbonyl (C=O) groups is 2. The van der Waals surface area contributed by atoms with Crippen molar-refractivity contribution in [3.05, 3.63) is 45.7 Å². The highest BCUT2D eigenvalue weighted by atomic mass is 35.5. The summed E-state index contributed by atoms with van der Waals surface area (Å²) < 4.78 is 19.0. The lowest BCUT2D eigenvalue weighted by molar-refractivity contribution is -0.121. The van der Waals surface area contributed by atoms with Gasteiger partial charge < -0.3 is 9.64 Å². The Balaban J connectivity index is 1.53. The second-order valence-corrected chi connectivity index (χ2v) is 6.74. The number of carbonyl (C=O) groups excluding carboxylic acids is 2. The molecule has 0 aliphatic carbocycles. The predicted molar refractivity (Wildman–Crippen MR) is 95.9 cm³/mol. The highest BCUT2D eigenvalue weighted by molar-refractivity contribution is 7.13. The Morgan fingerprint density at radius 3 is 2.81 bits per heavy atom. The van der Waals surface area contributed by atoms with Crippen molar-refractivity contribution in [1.82, 2.24) is 15.8 Å². The number of ether oxygens (including phenoxy) is 1. The Morgan fingerprint density at radius 1 is 1.31 bits per heavy atom. The van der Waals surface area contributed by atoms with E-state index >= 15 is 0 Å². The predicted octanol–water partition coefficient (Wildman–Crippen LogP) is 1.78. The normalized spacial score (nSPS) is 14.2. The maximum absolute atomic E-state index is 13.7. The second-order valence-electron chi connectivity index (χ2n) is 5.49. The molecule has 2 aromatic rings. The third-order valence-corrected chi connectivity index (χ3v) is 4.98. The maximum atomic E-state index is 13.7. The molecule has 1 aromatic heterocycles. The van der Waals surface area contributed by atoms with Crippen molar-refractivity contribution >= 4 is 39.9 Å². The highest BCUT2D eigenvalue weighted by Gasteiger charge is 2.18. The molecule has 0 spiro atoms. The molecule has 0 radical (unpaired) electrons. The fourth-order valence-corrected chi connectivity index (χ4v) is 3.45. The van der Waals surface area contributed by atoms with Crippen LogP contribution in [0.4, 0.5) is 9.52 Å². The van der Waals surface area contributed by atoms with Crippen LogP contribution in [0.5, 0.6) is 0 Å². The van der Waals surface area contributed by atoms with E-state index in [4.69, 9.17) is 16.3 Å². The number of morpholine rings is 1. The van der Waals surface area contributed by atoms with Crippen molar-refractivity contribution in [1.29, 1.82) is 0 Å². The zero-order valence-electron chi connectivity index (χ0n) is 13.6. The Morgan fingerprint density at radius 2 is 2.08 bits per heavy atom. The van der Waals surface area contributed by atoms with Crippen LogP contribution in [0.25, 0.3) is 0 Å². The van der Waals surface area contributed by atoms with Gasteiger partial charge >= 0.3 is 0 Å². The third kappa shape index (κ3) is 4.48. The average molecular weight is 399 g/mol. The molecule has 0 saturated carbocycles. The van der Waals surface area contributed by atoms with Crippen molar-refractivity contribution in [3.63, 3.8) is 0 Å². The first-order chi connectivity index (χ1) is 12.5. The molecule has 0 bridgehead atoms. The zero-order chi connectivity index (χ0) is 18.5. The van der Waals surface area contributed by atoms with Gasteiger partial charge in [-0.2, -0.15) is 0 Å². The number of hydrogen-bond acceptors (Lipinski definition) is 6. The van der Waals surface area contributed by atoms with Crippen LogP contribution in [0.2, 0.25) is 5.02 Å². The summed E-state index contributed by atoms with van der Waals surface area (Å²) in [5.41, 5.74) is 4.78. The van der Waals surface area contributed by atoms with Gasteiger partial charge in [0.15, 0.2) is 5.13 Å². The molecule has 138 valence electrons. The number of nitrogens with zero attached hydrogens (tertiary/aromatic N) is 2. The lowest BCUT2D eigenvalue weighted by Gasteiger charge is -2.25. The quantitative estimate of drug-likeness (QED) is 0.767. The van der Waals surface area contributed by atoms with E-state index in [1.165, 1.54) is 29.5 Å². The number of amides is 2. The van der Waals surface area contributed by atoms with Crippen molar-refractivity contribution in [3.8, 4) is 0 Å². The number of aromatic nitrogens is 1. The first-order valence-electron chi connectivity index (χ1n) is 7.85. The minimum atomic E-state index is -0.589. The van der Waals surface area contributed by atoms with Gasteiger partial charge in [-0.25, -0.2) is 9.37 Å². The molecule has 0 atom stereocenters. The molecule has 2 N–H and O–H groups in total. The SMILES string of the molecule is O=C(Cc1c(F)cccc1Cl)NNC(=O)c1csc(N2CCOCC2)n1. The van der Waals surface area contributed by atoms with E-state index in [-0.39, 0.29) is 22.7 Å². The summed E-state index contributed by atoms with van der Waals surface area (Å²) in [6.45, 7) is 2.68. The molecule has 1 aromatic carbocycles. The van der Waals surface area contributed by atoms with Crippen LogP contribution in [0.1, 0.15) is 16.1 Å². The van der Waals surface area contributed by atoms with Crippen LogP contribution in [-0.2, 0) is 16.0 Å². The molecule has 1 aliphatic rings. The van der Waals surface area contributed by atoms with E-state index in [0.29, 0.717) is 26.3 Å². The van der Waals surface area contributed by atoms with Crippen LogP contribution in [0.15, 0.2) is 23.6 Å². The smallest absolute Gasteiger partial charge is 0.289 e. The summed E-state index contributed by atoms with van der Waals surface area (Å²) in [6.07, 6.45) is -0.290. The van der Waals surface area contributed by atoms with Gasteiger partial charge in [0.2, 0.25) is 5.91 Å². The summed E-state index contributed by atoms with van der Waals surface area (Å²) in [5.74, 6) is -1.71. The number of benzene rings is 1. The molecule has 2 heterocycles. The summed E-state index contributed by atoms with van der Waals surface area (Å²) in [4.78, 5) is 30.3. The third-order valence-electron chi connectivity index (χ3n) is 3.72. The standard InChI is InChI=1S/C16H16ClFN4O3S/c17-11-2-1-3-12(18)10(11)8-14(23)20-21-15(24)13-9-26-16(19-13)22-4-6-25-7-5-22/h1-3,9H,4-8H2,(H,20,23)(H,21,24). The monoisotopic (exact) mass is 398 g/mol. The molecule has 26 heavy (non-hydrogen) atoms. The topological polar surface area (TPSA) is 83.6 Å². The van der Waals surface area contributed by atoms with E-state index in [2.05, 4.69) is 15.8 Å². The molecular formula is C16H16ClFN4O3S. The second kappa shape index (κ2) is 8.43. The van der Waals surface area contributed by atoms with Crippen molar-refractivity contribution in [2.24, 2.45) is 0 Å². The van der Waals surface area contributed by atoms with Crippen LogP contribution in [0, 0.1) is 5.82 Å². The summed E-state index contributed by atoms with van der Waals surface area (Å²) in [6, 6.07) is 4.17. The molecule has 7 nitrogen and oxygen atoms in total. The van der Waals surface area contributed by atoms with Crippen LogP contribution in [-0.4, -0.2) is 43.1 Å².